The number of hydrogen-bond acceptors (Lipinski definition) is 0. The molecule has 0 aromatic heterocycles. The first-order valence-electron chi connectivity index (χ1n) is 3.59. The summed E-state index contributed by atoms with van der Waals surface area (Å²) in [5.74, 6) is -3.17. The van der Waals surface area contributed by atoms with Gasteiger partial charge in [0.1, 0.15) is 0 Å². The monoisotopic (exact) mass is 210 g/mol. The second-order valence-electron chi connectivity index (χ2n) is 2.32. The molecule has 0 rings (SSSR count). The number of alkyl halides is 6. The topological polar surface area (TPSA) is 0 Å². The lowest BCUT2D eigenvalue weighted by atomic mass is 10.1. The predicted molar refractivity (Wildman–Crippen MR) is 37.6 cm³/mol. The van der Waals surface area contributed by atoms with E-state index in [9.17, 15) is 26.3 Å². The smallest absolute Gasteiger partial charge is 0.255 e. The molecule has 0 amide bonds. The van der Waals surface area contributed by atoms with E-state index >= 15 is 0 Å². The third-order valence-electron chi connectivity index (χ3n) is 1.29. The molecule has 0 bridgehead atoms. The van der Waals surface area contributed by atoms with Gasteiger partial charge in [-0.05, 0) is 0 Å². The van der Waals surface area contributed by atoms with Crippen LogP contribution in [0.2, 0.25) is 0 Å². The summed E-state index contributed by atoms with van der Waals surface area (Å²) in [6, 6.07) is 0. The molecule has 0 aliphatic heterocycles. The molecule has 0 aliphatic carbocycles. The van der Waals surface area contributed by atoms with Gasteiger partial charge in [0.15, 0.2) is 0 Å². The summed E-state index contributed by atoms with van der Waals surface area (Å²) >= 11 is 0. The number of hydrogen-bond donors (Lipinski definition) is 0. The Morgan fingerprint density at radius 3 is 1.46 bits per heavy atom. The lowest BCUT2D eigenvalue weighted by Gasteiger charge is -2.14. The molecule has 0 nitrogen and oxygen atoms in total. The van der Waals surface area contributed by atoms with Crippen molar-refractivity contribution < 1.29 is 26.3 Å². The largest absolute Gasteiger partial charge is 0.389 e. The van der Waals surface area contributed by atoms with Crippen LogP contribution in [0.5, 0.6) is 0 Å². The van der Waals surface area contributed by atoms with Gasteiger partial charge in [0.2, 0.25) is 5.92 Å². The van der Waals surface area contributed by atoms with Crippen LogP contribution in [0.25, 0.3) is 0 Å². The Kier molecular flexibility index (Phi) is 7.07. The van der Waals surface area contributed by atoms with E-state index in [4.69, 9.17) is 0 Å². The van der Waals surface area contributed by atoms with E-state index in [0.717, 1.165) is 6.92 Å². The Bertz CT molecular complexity index is 117. The van der Waals surface area contributed by atoms with E-state index < -0.39 is 31.4 Å². The van der Waals surface area contributed by atoms with Crippen LogP contribution in [-0.2, 0) is 0 Å². The van der Waals surface area contributed by atoms with E-state index in [1.807, 2.05) is 0 Å². The van der Waals surface area contributed by atoms with Crippen LogP contribution >= 0.6 is 0 Å². The second-order valence-corrected chi connectivity index (χ2v) is 2.32. The summed E-state index contributed by atoms with van der Waals surface area (Å²) in [5, 5.41) is 0. The van der Waals surface area contributed by atoms with Gasteiger partial charge in [0.05, 0.1) is 7.18 Å². The molecular formula is C7H12F6. The van der Waals surface area contributed by atoms with Gasteiger partial charge in [-0.15, -0.1) is 0 Å². The van der Waals surface area contributed by atoms with E-state index in [1.54, 1.807) is 0 Å². The Labute approximate surface area is 72.9 Å². The van der Waals surface area contributed by atoms with Crippen LogP contribution in [0.15, 0.2) is 0 Å². The Hall–Kier alpha value is -0.420. The van der Waals surface area contributed by atoms with Gasteiger partial charge in [-0.25, -0.2) is 8.78 Å². The van der Waals surface area contributed by atoms with Gasteiger partial charge in [0, 0.05) is 19.3 Å². The molecule has 0 saturated heterocycles. The molecule has 0 aliphatic rings. The molecule has 0 saturated carbocycles. The molecular weight excluding hydrogens is 198 g/mol. The highest BCUT2D eigenvalue weighted by atomic mass is 19.4. The maximum absolute atomic E-state index is 12.2. The molecule has 0 fully saturated rings. The minimum Gasteiger partial charge on any atom is -0.255 e. The first-order chi connectivity index (χ1) is 5.77. The summed E-state index contributed by atoms with van der Waals surface area (Å²) in [4.78, 5) is 0. The van der Waals surface area contributed by atoms with Gasteiger partial charge in [-0.1, -0.05) is 6.92 Å². The maximum Gasteiger partial charge on any atom is 0.389 e. The average Bonchev–Trinajstić information content (AvgIpc) is 2.04. The zero-order valence-corrected chi connectivity index (χ0v) is 7.39. The number of rotatable bonds is 3. The van der Waals surface area contributed by atoms with Crippen molar-refractivity contribution in [2.24, 2.45) is 0 Å². The molecule has 0 atom stereocenters. The second kappa shape index (κ2) is 6.10. The zero-order chi connectivity index (χ0) is 11.1. The third-order valence-corrected chi connectivity index (χ3v) is 1.29. The SMILES string of the molecule is CCC(F)(F)CCC(F)(F)F.CF. The third kappa shape index (κ3) is 11.6. The Morgan fingerprint density at radius 2 is 1.23 bits per heavy atom. The van der Waals surface area contributed by atoms with Crippen molar-refractivity contribution in [2.45, 2.75) is 38.3 Å². The van der Waals surface area contributed by atoms with Crippen LogP contribution in [0.4, 0.5) is 26.3 Å². The van der Waals surface area contributed by atoms with E-state index in [-0.39, 0.29) is 0 Å². The zero-order valence-electron chi connectivity index (χ0n) is 7.39. The first kappa shape index (κ1) is 15.1. The van der Waals surface area contributed by atoms with Gasteiger partial charge in [-0.3, -0.25) is 4.39 Å². The normalized spacial score (nSPS) is 12.0. The van der Waals surface area contributed by atoms with E-state index in [2.05, 4.69) is 0 Å². The molecule has 6 heteroatoms. The summed E-state index contributed by atoms with van der Waals surface area (Å²) in [6.45, 7) is 1.16. The van der Waals surface area contributed by atoms with Crippen LogP contribution < -0.4 is 0 Å². The molecule has 82 valence electrons. The standard InChI is InChI=1S/C6H9F5.CH3F/c1-2-5(7,8)3-4-6(9,10)11;1-2/h2-4H2,1H3;1H3. The van der Waals surface area contributed by atoms with Crippen molar-refractivity contribution >= 4 is 0 Å². The molecule has 0 unspecified atom stereocenters. The van der Waals surface area contributed by atoms with Gasteiger partial charge in [0.25, 0.3) is 0 Å². The van der Waals surface area contributed by atoms with E-state index in [1.165, 1.54) is 0 Å². The van der Waals surface area contributed by atoms with Crippen molar-refractivity contribution in [3.63, 3.8) is 0 Å². The minimum absolute atomic E-state index is 0.500. The van der Waals surface area contributed by atoms with E-state index in [0.29, 0.717) is 7.18 Å². The molecule has 0 N–H and O–H groups in total. The van der Waals surface area contributed by atoms with Crippen molar-refractivity contribution in [1.29, 1.82) is 0 Å². The van der Waals surface area contributed by atoms with Crippen LogP contribution in [-0.4, -0.2) is 19.3 Å². The summed E-state index contributed by atoms with van der Waals surface area (Å²) < 4.78 is 68.0. The van der Waals surface area contributed by atoms with Crippen LogP contribution in [0.3, 0.4) is 0 Å². The highest BCUT2D eigenvalue weighted by molar-refractivity contribution is 4.65. The summed E-state index contributed by atoms with van der Waals surface area (Å²) in [7, 11) is 0.500. The lowest BCUT2D eigenvalue weighted by Crippen LogP contribution is -2.19. The fraction of sp³-hybridized carbons (Fsp3) is 1.00. The average molecular weight is 210 g/mol. The molecule has 0 spiro atoms. The Balaban J connectivity index is 0. The highest BCUT2D eigenvalue weighted by Crippen LogP contribution is 2.30. The first-order valence-corrected chi connectivity index (χ1v) is 3.59. The van der Waals surface area contributed by atoms with Gasteiger partial charge in [-0.2, -0.15) is 13.2 Å². The summed E-state index contributed by atoms with van der Waals surface area (Å²) in [6.07, 6.45) is -7.53. The van der Waals surface area contributed by atoms with Crippen LogP contribution in [0.1, 0.15) is 26.2 Å². The quantitative estimate of drug-likeness (QED) is 0.618. The van der Waals surface area contributed by atoms with Crippen molar-refractivity contribution in [3.8, 4) is 0 Å². The Morgan fingerprint density at radius 1 is 0.846 bits per heavy atom. The molecule has 0 aromatic rings. The predicted octanol–water partition coefficient (Wildman–Crippen LogP) is 3.96. The highest BCUT2D eigenvalue weighted by Gasteiger charge is 2.34. The molecule has 0 aromatic carbocycles. The molecule has 13 heavy (non-hydrogen) atoms. The summed E-state index contributed by atoms with van der Waals surface area (Å²) in [5.41, 5.74) is 0. The van der Waals surface area contributed by atoms with Crippen molar-refractivity contribution in [2.75, 3.05) is 7.18 Å². The molecule has 0 radical (unpaired) electrons. The van der Waals surface area contributed by atoms with Gasteiger partial charge >= 0.3 is 6.18 Å². The van der Waals surface area contributed by atoms with Crippen molar-refractivity contribution in [3.05, 3.63) is 0 Å². The van der Waals surface area contributed by atoms with Crippen LogP contribution in [0, 0.1) is 0 Å². The van der Waals surface area contributed by atoms with Gasteiger partial charge < -0.3 is 0 Å². The maximum atomic E-state index is 12.2. The fourth-order valence-corrected chi connectivity index (χ4v) is 0.501. The number of halogens is 6. The fourth-order valence-electron chi connectivity index (χ4n) is 0.501. The van der Waals surface area contributed by atoms with Crippen molar-refractivity contribution in [1.82, 2.24) is 0 Å². The minimum atomic E-state index is -4.47. The molecule has 0 heterocycles. The lowest BCUT2D eigenvalue weighted by molar-refractivity contribution is -0.151.